The summed E-state index contributed by atoms with van der Waals surface area (Å²) < 4.78 is 5.46. The number of nitrogens with zero attached hydrogens (tertiary/aromatic N) is 2. The van der Waals surface area contributed by atoms with Crippen molar-refractivity contribution in [1.82, 2.24) is 9.88 Å². The van der Waals surface area contributed by atoms with Crippen LogP contribution in [-0.4, -0.2) is 33.3 Å². The summed E-state index contributed by atoms with van der Waals surface area (Å²) in [4.78, 5) is 31.8. The highest BCUT2D eigenvalue weighted by atomic mass is 16.5. The number of ketones is 1. The first-order chi connectivity index (χ1) is 15.5. The van der Waals surface area contributed by atoms with Crippen molar-refractivity contribution in [3.05, 3.63) is 101 Å². The minimum atomic E-state index is -0.707. The van der Waals surface area contributed by atoms with Crippen molar-refractivity contribution < 1.29 is 19.4 Å². The molecule has 2 heterocycles. The molecule has 0 bridgehead atoms. The SMILES string of the molecule is CCOc1ccc(/C(O)=C2/C(=O)C(=O)N(Cc3cccnc3)C2c2cccc(C)c2)cc1. The molecule has 0 radical (unpaired) electrons. The fourth-order valence-corrected chi connectivity index (χ4v) is 3.95. The molecule has 32 heavy (non-hydrogen) atoms. The molecule has 162 valence electrons. The van der Waals surface area contributed by atoms with E-state index in [9.17, 15) is 14.7 Å². The maximum Gasteiger partial charge on any atom is 0.295 e. The molecule has 3 aromatic rings. The van der Waals surface area contributed by atoms with Gasteiger partial charge in [0.15, 0.2) is 0 Å². The van der Waals surface area contributed by atoms with Gasteiger partial charge in [0.1, 0.15) is 11.5 Å². The number of hydrogen-bond acceptors (Lipinski definition) is 5. The molecule has 1 aliphatic heterocycles. The van der Waals surface area contributed by atoms with Crippen LogP contribution < -0.4 is 4.74 Å². The third-order valence-corrected chi connectivity index (χ3v) is 5.41. The van der Waals surface area contributed by atoms with Crippen molar-refractivity contribution in [2.45, 2.75) is 26.4 Å². The number of hydrogen-bond donors (Lipinski definition) is 1. The van der Waals surface area contributed by atoms with Crippen LogP contribution in [0.3, 0.4) is 0 Å². The van der Waals surface area contributed by atoms with Crippen LogP contribution in [0.2, 0.25) is 0 Å². The second-order valence-corrected chi connectivity index (χ2v) is 7.66. The molecule has 1 amide bonds. The number of aromatic nitrogens is 1. The second kappa shape index (κ2) is 9.06. The molecule has 1 saturated heterocycles. The van der Waals surface area contributed by atoms with Crippen molar-refractivity contribution in [2.75, 3.05) is 6.61 Å². The maximum absolute atomic E-state index is 13.1. The first-order valence-corrected chi connectivity index (χ1v) is 10.5. The fraction of sp³-hybridized carbons (Fsp3) is 0.192. The highest BCUT2D eigenvalue weighted by molar-refractivity contribution is 6.46. The molecule has 1 aromatic heterocycles. The topological polar surface area (TPSA) is 79.7 Å². The third kappa shape index (κ3) is 4.12. The average molecular weight is 428 g/mol. The van der Waals surface area contributed by atoms with Gasteiger partial charge in [0.25, 0.3) is 11.7 Å². The fourth-order valence-electron chi connectivity index (χ4n) is 3.95. The van der Waals surface area contributed by atoms with E-state index in [1.807, 2.05) is 44.2 Å². The summed E-state index contributed by atoms with van der Waals surface area (Å²) in [7, 11) is 0. The largest absolute Gasteiger partial charge is 0.507 e. The molecule has 0 spiro atoms. The van der Waals surface area contributed by atoms with E-state index >= 15 is 0 Å². The Morgan fingerprint density at radius 2 is 1.88 bits per heavy atom. The Bertz CT molecular complexity index is 1170. The van der Waals surface area contributed by atoms with Crippen LogP contribution in [0.4, 0.5) is 0 Å². The summed E-state index contributed by atoms with van der Waals surface area (Å²) >= 11 is 0. The second-order valence-electron chi connectivity index (χ2n) is 7.66. The first-order valence-electron chi connectivity index (χ1n) is 10.5. The highest BCUT2D eigenvalue weighted by Crippen LogP contribution is 2.40. The van der Waals surface area contributed by atoms with Crippen molar-refractivity contribution in [3.8, 4) is 5.75 Å². The van der Waals surface area contributed by atoms with E-state index in [-0.39, 0.29) is 17.9 Å². The van der Waals surface area contributed by atoms with Gasteiger partial charge in [-0.2, -0.15) is 0 Å². The summed E-state index contributed by atoms with van der Waals surface area (Å²) in [5.41, 5.74) is 3.09. The number of likely N-dealkylation sites (tertiary alicyclic amines) is 1. The summed E-state index contributed by atoms with van der Waals surface area (Å²) in [6, 6.07) is 17.4. The average Bonchev–Trinajstić information content (AvgIpc) is 3.05. The number of rotatable bonds is 6. The molecule has 0 saturated carbocycles. The number of ether oxygens (including phenoxy) is 1. The standard InChI is InChI=1S/C26H24N2O4/c1-3-32-21-11-9-19(10-12-21)24(29)22-23(20-8-4-6-17(2)14-20)28(26(31)25(22)30)16-18-7-5-13-27-15-18/h4-15,23,29H,3,16H2,1-2H3/b24-22-. The van der Waals surface area contributed by atoms with Gasteiger partial charge in [-0.1, -0.05) is 35.9 Å². The van der Waals surface area contributed by atoms with E-state index in [0.29, 0.717) is 17.9 Å². The number of benzene rings is 2. The van der Waals surface area contributed by atoms with E-state index in [1.165, 1.54) is 4.90 Å². The molecule has 1 aliphatic rings. The Balaban J connectivity index is 1.82. The van der Waals surface area contributed by atoms with Crippen LogP contribution >= 0.6 is 0 Å². The first kappa shape index (κ1) is 21.3. The van der Waals surface area contributed by atoms with E-state index in [1.54, 1.807) is 42.7 Å². The number of amides is 1. The number of pyridine rings is 1. The van der Waals surface area contributed by atoms with Crippen LogP contribution in [0, 0.1) is 6.92 Å². The number of aliphatic hydroxyl groups is 1. The minimum absolute atomic E-state index is 0.0775. The van der Waals surface area contributed by atoms with Gasteiger partial charge in [0, 0.05) is 24.5 Å². The molecule has 2 aromatic carbocycles. The Morgan fingerprint density at radius 1 is 1.09 bits per heavy atom. The Hall–Kier alpha value is -3.93. The van der Waals surface area contributed by atoms with Gasteiger partial charge in [0.2, 0.25) is 0 Å². The number of aryl methyl sites for hydroxylation is 1. The zero-order chi connectivity index (χ0) is 22.7. The molecule has 4 rings (SSSR count). The number of Topliss-reactive ketones (excluding diaryl/α,β-unsaturated/α-hetero) is 1. The lowest BCUT2D eigenvalue weighted by Gasteiger charge is -2.25. The van der Waals surface area contributed by atoms with Gasteiger partial charge in [-0.05, 0) is 55.3 Å². The quantitative estimate of drug-likeness (QED) is 0.357. The Kier molecular flexibility index (Phi) is 6.03. The van der Waals surface area contributed by atoms with Crippen LogP contribution in [0.25, 0.3) is 5.76 Å². The van der Waals surface area contributed by atoms with E-state index in [2.05, 4.69) is 4.98 Å². The lowest BCUT2D eigenvalue weighted by molar-refractivity contribution is -0.140. The lowest BCUT2D eigenvalue weighted by Crippen LogP contribution is -2.29. The molecular formula is C26H24N2O4. The van der Waals surface area contributed by atoms with Gasteiger partial charge in [-0.25, -0.2) is 0 Å². The molecule has 6 heteroatoms. The summed E-state index contributed by atoms with van der Waals surface area (Å²) in [6.45, 7) is 4.57. The number of carbonyl (C=O) groups excluding carboxylic acids is 2. The normalized spacial score (nSPS) is 17.6. The monoisotopic (exact) mass is 428 g/mol. The number of aliphatic hydroxyl groups excluding tert-OH is 1. The molecule has 0 aliphatic carbocycles. The lowest BCUT2D eigenvalue weighted by atomic mass is 9.94. The zero-order valence-electron chi connectivity index (χ0n) is 18.0. The van der Waals surface area contributed by atoms with E-state index in [0.717, 1.165) is 16.7 Å². The highest BCUT2D eigenvalue weighted by Gasteiger charge is 2.46. The van der Waals surface area contributed by atoms with Crippen molar-refractivity contribution in [2.24, 2.45) is 0 Å². The number of carbonyl (C=O) groups is 2. The minimum Gasteiger partial charge on any atom is -0.507 e. The van der Waals surface area contributed by atoms with E-state index < -0.39 is 17.7 Å². The van der Waals surface area contributed by atoms with Crippen LogP contribution in [-0.2, 0) is 16.1 Å². The molecule has 1 fully saturated rings. The predicted molar refractivity (Wildman–Crippen MR) is 121 cm³/mol. The Labute approximate surface area is 186 Å². The van der Waals surface area contributed by atoms with Crippen LogP contribution in [0.15, 0.2) is 78.6 Å². The summed E-state index contributed by atoms with van der Waals surface area (Å²) in [5.74, 6) is -0.887. The smallest absolute Gasteiger partial charge is 0.295 e. The van der Waals surface area contributed by atoms with Gasteiger partial charge in [-0.3, -0.25) is 14.6 Å². The molecule has 1 N–H and O–H groups in total. The van der Waals surface area contributed by atoms with Crippen molar-refractivity contribution in [3.63, 3.8) is 0 Å². The van der Waals surface area contributed by atoms with Crippen LogP contribution in [0.1, 0.15) is 35.2 Å². The van der Waals surface area contributed by atoms with Gasteiger partial charge in [-0.15, -0.1) is 0 Å². The van der Waals surface area contributed by atoms with Crippen LogP contribution in [0.5, 0.6) is 5.75 Å². The van der Waals surface area contributed by atoms with Gasteiger partial charge in [0.05, 0.1) is 18.2 Å². The summed E-state index contributed by atoms with van der Waals surface area (Å²) in [5, 5.41) is 11.1. The van der Waals surface area contributed by atoms with E-state index in [4.69, 9.17) is 4.74 Å². The van der Waals surface area contributed by atoms with Crippen molar-refractivity contribution in [1.29, 1.82) is 0 Å². The predicted octanol–water partition coefficient (Wildman–Crippen LogP) is 4.41. The summed E-state index contributed by atoms with van der Waals surface area (Å²) in [6.07, 6.45) is 3.32. The van der Waals surface area contributed by atoms with Crippen molar-refractivity contribution >= 4 is 17.4 Å². The zero-order valence-corrected chi connectivity index (χ0v) is 18.0. The Morgan fingerprint density at radius 3 is 2.53 bits per heavy atom. The maximum atomic E-state index is 13.1. The van der Waals surface area contributed by atoms with Gasteiger partial charge < -0.3 is 14.7 Å². The molecule has 1 unspecified atom stereocenters. The molecule has 1 atom stereocenters. The molecule has 6 nitrogen and oxygen atoms in total. The third-order valence-electron chi connectivity index (χ3n) is 5.41. The van der Waals surface area contributed by atoms with Gasteiger partial charge >= 0.3 is 0 Å². The molecular weight excluding hydrogens is 404 g/mol.